The van der Waals surface area contributed by atoms with E-state index in [4.69, 9.17) is 4.74 Å². The van der Waals surface area contributed by atoms with Gasteiger partial charge in [-0.1, -0.05) is 12.1 Å². The van der Waals surface area contributed by atoms with Gasteiger partial charge in [-0.05, 0) is 31.2 Å². The minimum absolute atomic E-state index is 0.573. The minimum atomic E-state index is 0.573. The molecule has 5 nitrogen and oxygen atoms in total. The largest absolute Gasteiger partial charge is 0.476 e. The second-order valence-corrected chi connectivity index (χ2v) is 4.49. The van der Waals surface area contributed by atoms with E-state index in [-0.39, 0.29) is 0 Å². The van der Waals surface area contributed by atoms with E-state index in [0.29, 0.717) is 19.0 Å². The first-order valence-corrected chi connectivity index (χ1v) is 6.89. The Bertz CT molecular complexity index is 745. The lowest BCUT2D eigenvalue weighted by Gasteiger charge is -2.10. The molecule has 1 N–H and O–H groups in total. The molecular formula is C16H16N4O. The number of hydrogen-bond acceptors (Lipinski definition) is 5. The molecule has 0 radical (unpaired) electrons. The van der Waals surface area contributed by atoms with E-state index in [9.17, 15) is 0 Å². The molecular weight excluding hydrogens is 264 g/mol. The van der Waals surface area contributed by atoms with Crippen molar-refractivity contribution >= 4 is 16.7 Å². The highest BCUT2D eigenvalue weighted by molar-refractivity contribution is 5.73. The van der Waals surface area contributed by atoms with Gasteiger partial charge in [-0.3, -0.25) is 4.98 Å². The zero-order valence-corrected chi connectivity index (χ0v) is 11.8. The average Bonchev–Trinajstić information content (AvgIpc) is 2.54. The molecule has 0 aliphatic rings. The van der Waals surface area contributed by atoms with Gasteiger partial charge < -0.3 is 10.1 Å². The van der Waals surface area contributed by atoms with Crippen LogP contribution in [0.1, 0.15) is 12.6 Å². The van der Waals surface area contributed by atoms with Crippen LogP contribution in [0.3, 0.4) is 0 Å². The Kier molecular flexibility index (Phi) is 3.91. The number of anilines is 1. The summed E-state index contributed by atoms with van der Waals surface area (Å²) in [5.41, 5.74) is 3.53. The lowest BCUT2D eigenvalue weighted by molar-refractivity contribution is 0.328. The Labute approximate surface area is 123 Å². The Morgan fingerprint density at radius 2 is 1.90 bits per heavy atom. The fourth-order valence-electron chi connectivity index (χ4n) is 2.04. The van der Waals surface area contributed by atoms with Gasteiger partial charge in [0, 0.05) is 6.20 Å². The number of rotatable bonds is 5. The van der Waals surface area contributed by atoms with E-state index >= 15 is 0 Å². The number of nitrogens with zero attached hydrogens (tertiary/aromatic N) is 3. The number of nitrogens with one attached hydrogen (secondary N) is 1. The van der Waals surface area contributed by atoms with E-state index in [1.54, 1.807) is 12.4 Å². The summed E-state index contributed by atoms with van der Waals surface area (Å²) < 4.78 is 5.49. The van der Waals surface area contributed by atoms with Crippen molar-refractivity contribution in [2.45, 2.75) is 13.5 Å². The van der Waals surface area contributed by atoms with Gasteiger partial charge in [-0.15, -0.1) is 0 Å². The van der Waals surface area contributed by atoms with E-state index in [0.717, 1.165) is 22.4 Å². The Morgan fingerprint density at radius 3 is 2.76 bits per heavy atom. The third kappa shape index (κ3) is 3.08. The minimum Gasteiger partial charge on any atom is -0.476 e. The predicted octanol–water partition coefficient (Wildman–Crippen LogP) is 3.04. The molecule has 0 bridgehead atoms. The van der Waals surface area contributed by atoms with Crippen LogP contribution in [0.5, 0.6) is 5.88 Å². The molecule has 0 saturated carbocycles. The molecule has 0 spiro atoms. The van der Waals surface area contributed by atoms with Crippen molar-refractivity contribution in [3.63, 3.8) is 0 Å². The maximum absolute atomic E-state index is 5.49. The first-order chi connectivity index (χ1) is 10.4. The van der Waals surface area contributed by atoms with Crippen molar-refractivity contribution in [2.24, 2.45) is 0 Å². The molecule has 2 heterocycles. The van der Waals surface area contributed by atoms with Gasteiger partial charge in [-0.2, -0.15) is 0 Å². The Morgan fingerprint density at radius 1 is 1.05 bits per heavy atom. The molecule has 3 aromatic rings. The first-order valence-electron chi connectivity index (χ1n) is 6.89. The van der Waals surface area contributed by atoms with Crippen molar-refractivity contribution in [1.29, 1.82) is 0 Å². The molecule has 106 valence electrons. The van der Waals surface area contributed by atoms with Crippen LogP contribution in [0.25, 0.3) is 11.0 Å². The maximum atomic E-state index is 5.49. The smallest absolute Gasteiger partial charge is 0.237 e. The van der Waals surface area contributed by atoms with Gasteiger partial charge in [0.2, 0.25) is 5.88 Å². The number of para-hydroxylation sites is 2. The topological polar surface area (TPSA) is 59.9 Å². The molecule has 0 unspecified atom stereocenters. The number of aromatic nitrogens is 3. The van der Waals surface area contributed by atoms with Crippen LogP contribution < -0.4 is 10.1 Å². The highest BCUT2D eigenvalue weighted by Crippen LogP contribution is 2.21. The van der Waals surface area contributed by atoms with E-state index in [1.807, 2.05) is 43.3 Å². The summed E-state index contributed by atoms with van der Waals surface area (Å²) in [6.07, 6.45) is 3.50. The predicted molar refractivity (Wildman–Crippen MR) is 82.3 cm³/mol. The second kappa shape index (κ2) is 6.17. The molecule has 0 aliphatic heterocycles. The van der Waals surface area contributed by atoms with Crippen molar-refractivity contribution < 1.29 is 4.74 Å². The molecule has 1 aromatic carbocycles. The normalized spacial score (nSPS) is 10.5. The van der Waals surface area contributed by atoms with E-state index in [2.05, 4.69) is 20.3 Å². The lowest BCUT2D eigenvalue weighted by Crippen LogP contribution is -2.05. The standard InChI is InChI=1S/C16H16N4O/c1-2-21-16-15(8-5-9-17-16)19-11-12-10-18-13-6-3-4-7-14(13)20-12/h3-10,19H,2,11H2,1H3. The van der Waals surface area contributed by atoms with E-state index < -0.39 is 0 Å². The molecule has 0 atom stereocenters. The Balaban J connectivity index is 1.77. The van der Waals surface area contributed by atoms with Gasteiger partial charge in [0.1, 0.15) is 0 Å². The SMILES string of the molecule is CCOc1ncccc1NCc1cnc2ccccc2n1. The number of ether oxygens (including phenoxy) is 1. The van der Waals surface area contributed by atoms with Gasteiger partial charge in [0.05, 0.1) is 41.8 Å². The lowest BCUT2D eigenvalue weighted by atomic mass is 10.3. The number of hydrogen-bond donors (Lipinski definition) is 1. The summed E-state index contributed by atoms with van der Waals surface area (Å²) in [4.78, 5) is 13.2. The average molecular weight is 280 g/mol. The highest BCUT2D eigenvalue weighted by atomic mass is 16.5. The van der Waals surface area contributed by atoms with Crippen molar-refractivity contribution in [2.75, 3.05) is 11.9 Å². The molecule has 5 heteroatoms. The summed E-state index contributed by atoms with van der Waals surface area (Å²) in [7, 11) is 0. The van der Waals surface area contributed by atoms with Crippen LogP contribution in [-0.2, 0) is 6.54 Å². The van der Waals surface area contributed by atoms with Crippen LogP contribution in [0.2, 0.25) is 0 Å². The van der Waals surface area contributed by atoms with Crippen molar-refractivity contribution in [1.82, 2.24) is 15.0 Å². The Hall–Kier alpha value is -2.69. The molecule has 0 fully saturated rings. The van der Waals surface area contributed by atoms with Crippen LogP contribution >= 0.6 is 0 Å². The van der Waals surface area contributed by atoms with Crippen LogP contribution in [0.4, 0.5) is 5.69 Å². The fourth-order valence-corrected chi connectivity index (χ4v) is 2.04. The third-order valence-corrected chi connectivity index (χ3v) is 3.01. The molecule has 21 heavy (non-hydrogen) atoms. The van der Waals surface area contributed by atoms with Gasteiger partial charge in [0.25, 0.3) is 0 Å². The molecule has 0 aliphatic carbocycles. The molecule has 2 aromatic heterocycles. The van der Waals surface area contributed by atoms with Gasteiger partial charge >= 0.3 is 0 Å². The van der Waals surface area contributed by atoms with Crippen molar-refractivity contribution in [3.05, 3.63) is 54.5 Å². The summed E-state index contributed by atoms with van der Waals surface area (Å²) in [6, 6.07) is 11.6. The van der Waals surface area contributed by atoms with Crippen molar-refractivity contribution in [3.8, 4) is 5.88 Å². The summed E-state index contributed by atoms with van der Waals surface area (Å²) in [5.74, 6) is 0.605. The van der Waals surface area contributed by atoms with Crippen LogP contribution in [0, 0.1) is 0 Å². The zero-order chi connectivity index (χ0) is 14.5. The number of pyridine rings is 1. The third-order valence-electron chi connectivity index (χ3n) is 3.01. The summed E-state index contributed by atoms with van der Waals surface area (Å²) in [6.45, 7) is 3.10. The zero-order valence-electron chi connectivity index (χ0n) is 11.8. The van der Waals surface area contributed by atoms with Crippen LogP contribution in [0.15, 0.2) is 48.8 Å². The van der Waals surface area contributed by atoms with Gasteiger partial charge in [-0.25, -0.2) is 9.97 Å². The monoisotopic (exact) mass is 280 g/mol. The van der Waals surface area contributed by atoms with Crippen LogP contribution in [-0.4, -0.2) is 21.6 Å². The summed E-state index contributed by atoms with van der Waals surface area (Å²) >= 11 is 0. The molecule has 0 amide bonds. The van der Waals surface area contributed by atoms with Gasteiger partial charge in [0.15, 0.2) is 0 Å². The fraction of sp³-hybridized carbons (Fsp3) is 0.188. The second-order valence-electron chi connectivity index (χ2n) is 4.49. The quantitative estimate of drug-likeness (QED) is 0.778. The number of fused-ring (bicyclic) bond motifs is 1. The highest BCUT2D eigenvalue weighted by Gasteiger charge is 2.05. The number of benzene rings is 1. The van der Waals surface area contributed by atoms with E-state index in [1.165, 1.54) is 0 Å². The summed E-state index contributed by atoms with van der Waals surface area (Å²) in [5, 5.41) is 3.29. The molecule has 3 rings (SSSR count). The maximum Gasteiger partial charge on any atom is 0.237 e. The first kappa shape index (κ1) is 13.3. The molecule has 0 saturated heterocycles.